The fraction of sp³-hybridized carbons (Fsp3) is 0.316. The summed E-state index contributed by atoms with van der Waals surface area (Å²) in [5, 5.41) is 9.95. The fourth-order valence-electron chi connectivity index (χ4n) is 3.22. The fourth-order valence-corrected chi connectivity index (χ4v) is 4.67. The number of aromatic hydroxyl groups is 1. The van der Waals surface area contributed by atoms with Gasteiger partial charge in [0.25, 0.3) is 0 Å². The van der Waals surface area contributed by atoms with E-state index in [0.717, 1.165) is 10.4 Å². The molecule has 2 heterocycles. The van der Waals surface area contributed by atoms with Crippen molar-refractivity contribution in [1.29, 1.82) is 0 Å². The van der Waals surface area contributed by atoms with E-state index in [4.69, 9.17) is 5.73 Å². The maximum atomic E-state index is 14.6. The molecule has 1 atom stereocenters. The third-order valence-corrected chi connectivity index (χ3v) is 6.76. The van der Waals surface area contributed by atoms with E-state index in [1.54, 1.807) is 6.92 Å². The van der Waals surface area contributed by atoms with Gasteiger partial charge >= 0.3 is 0 Å². The summed E-state index contributed by atoms with van der Waals surface area (Å²) in [5.41, 5.74) is 5.35. The minimum atomic E-state index is -3.77. The Hall–Kier alpha value is -3.01. The Morgan fingerprint density at radius 2 is 2.07 bits per heavy atom. The molecule has 3 N–H and O–H groups in total. The highest BCUT2D eigenvalue weighted by atomic mass is 32.2. The largest absolute Gasteiger partial charge is 0.506 e. The highest BCUT2D eigenvalue weighted by molar-refractivity contribution is 7.89. The molecule has 29 heavy (non-hydrogen) atoms. The molecule has 8 nitrogen and oxygen atoms in total. The monoisotopic (exact) mass is 420 g/mol. The van der Waals surface area contributed by atoms with Crippen LogP contribution in [0.4, 0.5) is 4.39 Å². The van der Waals surface area contributed by atoms with Gasteiger partial charge in [-0.05, 0) is 43.2 Å². The second-order valence-corrected chi connectivity index (χ2v) is 9.26. The number of aromatic nitrogens is 1. The minimum absolute atomic E-state index is 0.0171. The molecule has 10 heteroatoms. The Morgan fingerprint density at radius 3 is 2.69 bits per heavy atom. The molecule has 0 fully saturated rings. The van der Waals surface area contributed by atoms with Crippen LogP contribution < -0.4 is 5.73 Å². The third-order valence-electron chi connectivity index (χ3n) is 4.81. The van der Waals surface area contributed by atoms with Crippen LogP contribution in [0.3, 0.4) is 0 Å². The topological polar surface area (TPSA) is 126 Å². The molecule has 1 aliphatic rings. The zero-order valence-corrected chi connectivity index (χ0v) is 17.0. The van der Waals surface area contributed by atoms with Crippen LogP contribution >= 0.6 is 0 Å². The molecule has 1 aromatic carbocycles. The lowest BCUT2D eigenvalue weighted by Crippen LogP contribution is -2.50. The summed E-state index contributed by atoms with van der Waals surface area (Å²) in [4.78, 5) is 20.7. The number of ketones is 1. The molecule has 0 saturated carbocycles. The van der Waals surface area contributed by atoms with Crippen molar-refractivity contribution in [2.24, 2.45) is 10.7 Å². The number of sulfonamides is 1. The van der Waals surface area contributed by atoms with Crippen molar-refractivity contribution in [3.63, 3.8) is 0 Å². The van der Waals surface area contributed by atoms with Crippen molar-refractivity contribution in [3.05, 3.63) is 58.7 Å². The van der Waals surface area contributed by atoms with Gasteiger partial charge in [0.05, 0.1) is 5.75 Å². The molecule has 154 valence electrons. The summed E-state index contributed by atoms with van der Waals surface area (Å²) in [6.07, 6.45) is 1.31. The predicted molar refractivity (Wildman–Crippen MR) is 106 cm³/mol. The maximum absolute atomic E-state index is 14.6. The average molecular weight is 420 g/mol. The molecule has 0 amide bonds. The first kappa shape index (κ1) is 20.7. The van der Waals surface area contributed by atoms with E-state index in [-0.39, 0.29) is 29.4 Å². The summed E-state index contributed by atoms with van der Waals surface area (Å²) in [5.74, 6) is -2.05. The molecule has 1 aromatic heterocycles. The van der Waals surface area contributed by atoms with Crippen LogP contribution in [0.15, 0.2) is 35.5 Å². The molecule has 3 rings (SSSR count). The van der Waals surface area contributed by atoms with Crippen molar-refractivity contribution in [3.8, 4) is 5.75 Å². The van der Waals surface area contributed by atoms with E-state index in [2.05, 4.69) is 9.98 Å². The van der Waals surface area contributed by atoms with Gasteiger partial charge in [-0.2, -0.15) is 0 Å². The number of halogens is 1. The molecule has 0 unspecified atom stereocenters. The lowest BCUT2D eigenvalue weighted by Gasteiger charge is -2.34. The first-order valence-electron chi connectivity index (χ1n) is 8.72. The molecule has 2 aromatic rings. The van der Waals surface area contributed by atoms with Crippen molar-refractivity contribution >= 4 is 21.8 Å². The number of carbonyl (C=O) groups is 1. The summed E-state index contributed by atoms with van der Waals surface area (Å²) >= 11 is 0. The number of pyridine rings is 1. The number of guanidine groups is 1. The first-order valence-corrected chi connectivity index (χ1v) is 10.3. The van der Waals surface area contributed by atoms with E-state index >= 15 is 0 Å². The van der Waals surface area contributed by atoms with Crippen molar-refractivity contribution in [2.45, 2.75) is 25.8 Å². The van der Waals surface area contributed by atoms with Crippen LogP contribution in [-0.2, 0) is 22.0 Å². The summed E-state index contributed by atoms with van der Waals surface area (Å²) in [6, 6.07) is 5.40. The van der Waals surface area contributed by atoms with E-state index in [1.807, 2.05) is 0 Å². The average Bonchev–Trinajstić information content (AvgIpc) is 2.60. The number of hydrogen-bond acceptors (Lipinski definition) is 7. The molecular formula is C19H21FN4O4S. The van der Waals surface area contributed by atoms with Gasteiger partial charge in [0, 0.05) is 25.2 Å². The van der Waals surface area contributed by atoms with Crippen LogP contribution in [0, 0.1) is 12.7 Å². The van der Waals surface area contributed by atoms with Gasteiger partial charge in [0.15, 0.2) is 5.78 Å². The van der Waals surface area contributed by atoms with Gasteiger partial charge in [-0.3, -0.25) is 4.79 Å². The number of aliphatic imine (C=N–C) groups is 1. The SMILES string of the molecule is Cc1cnc(C(=O)Cc2ccc(F)c([C@]3(C)CS(=O)(=O)N(C)C(N)=N3)c2)c(O)c1. The summed E-state index contributed by atoms with van der Waals surface area (Å²) in [6.45, 7) is 3.21. The molecule has 0 saturated heterocycles. The van der Waals surface area contributed by atoms with Crippen LogP contribution in [0.5, 0.6) is 5.75 Å². The van der Waals surface area contributed by atoms with Gasteiger partial charge in [-0.1, -0.05) is 6.07 Å². The number of Topliss-reactive ketones (excluding diaryl/α,β-unsaturated/α-hetero) is 1. The molecular weight excluding hydrogens is 399 g/mol. The zero-order chi connectivity index (χ0) is 21.6. The zero-order valence-electron chi connectivity index (χ0n) is 16.2. The van der Waals surface area contributed by atoms with Crippen molar-refractivity contribution in [2.75, 3.05) is 12.8 Å². The number of carbonyl (C=O) groups excluding carboxylic acids is 1. The minimum Gasteiger partial charge on any atom is -0.506 e. The predicted octanol–water partition coefficient (Wildman–Crippen LogP) is 1.47. The number of rotatable bonds is 4. The van der Waals surface area contributed by atoms with Gasteiger partial charge in [-0.25, -0.2) is 27.1 Å². The Morgan fingerprint density at radius 1 is 1.38 bits per heavy atom. The van der Waals surface area contributed by atoms with Crippen molar-refractivity contribution < 1.29 is 22.7 Å². The van der Waals surface area contributed by atoms with E-state index < -0.39 is 32.9 Å². The number of hydrogen-bond donors (Lipinski definition) is 2. The Balaban J connectivity index is 1.98. The maximum Gasteiger partial charge on any atom is 0.239 e. The number of aryl methyl sites for hydroxylation is 1. The Bertz CT molecular complexity index is 1130. The molecule has 1 aliphatic heterocycles. The molecule has 0 bridgehead atoms. The highest BCUT2D eigenvalue weighted by Gasteiger charge is 2.41. The number of nitrogens with two attached hydrogens (primary N) is 1. The highest BCUT2D eigenvalue weighted by Crippen LogP contribution is 2.34. The van der Waals surface area contributed by atoms with Gasteiger partial charge in [-0.15, -0.1) is 0 Å². The van der Waals surface area contributed by atoms with Gasteiger partial charge in [0.2, 0.25) is 16.0 Å². The summed E-state index contributed by atoms with van der Waals surface area (Å²) in [7, 11) is -2.49. The quantitative estimate of drug-likeness (QED) is 0.722. The van der Waals surface area contributed by atoms with Crippen LogP contribution in [0.1, 0.15) is 34.1 Å². The van der Waals surface area contributed by atoms with Gasteiger partial charge in [0.1, 0.15) is 22.8 Å². The lowest BCUT2D eigenvalue weighted by atomic mass is 9.91. The second-order valence-electron chi connectivity index (χ2n) is 7.26. The molecule has 0 radical (unpaired) electrons. The third kappa shape index (κ3) is 3.93. The Labute approximate surface area is 167 Å². The number of benzene rings is 1. The first-order chi connectivity index (χ1) is 13.4. The van der Waals surface area contributed by atoms with E-state index in [1.165, 1.54) is 38.4 Å². The Kier molecular flexibility index (Phi) is 5.08. The van der Waals surface area contributed by atoms with Crippen molar-refractivity contribution in [1.82, 2.24) is 9.29 Å². The van der Waals surface area contributed by atoms with Crippen LogP contribution in [-0.4, -0.2) is 47.4 Å². The second kappa shape index (κ2) is 7.11. The van der Waals surface area contributed by atoms with E-state index in [0.29, 0.717) is 11.1 Å². The van der Waals surface area contributed by atoms with E-state index in [9.17, 15) is 22.7 Å². The standard InChI is InChI=1S/C19H21FN4O4S/c1-11-6-15(25)17(22-9-11)16(26)8-12-4-5-14(20)13(7-12)19(2)10-29(27,28)24(3)18(21)23-19/h4-7,9,25H,8,10H2,1-3H3,(H2,21,23)/t19-/m0/s1. The molecule has 0 spiro atoms. The summed E-state index contributed by atoms with van der Waals surface area (Å²) < 4.78 is 40.2. The number of nitrogens with zero attached hydrogens (tertiary/aromatic N) is 3. The lowest BCUT2D eigenvalue weighted by molar-refractivity contribution is 0.0985. The normalized spacial score (nSPS) is 21.0. The van der Waals surface area contributed by atoms with Crippen LogP contribution in [0.25, 0.3) is 0 Å². The smallest absolute Gasteiger partial charge is 0.239 e. The van der Waals surface area contributed by atoms with Crippen LogP contribution in [0.2, 0.25) is 0 Å². The molecule has 0 aliphatic carbocycles. The van der Waals surface area contributed by atoms with Gasteiger partial charge < -0.3 is 10.8 Å².